The Morgan fingerprint density at radius 3 is 2.36 bits per heavy atom. The van der Waals surface area contributed by atoms with E-state index in [1.807, 2.05) is 24.3 Å². The van der Waals surface area contributed by atoms with Crippen molar-refractivity contribution < 1.29 is 28.7 Å². The number of carboxylic acids is 1. The number of aromatic carboxylic acids is 1. The highest BCUT2D eigenvalue weighted by Gasteiger charge is 2.32. The predicted octanol–water partition coefficient (Wildman–Crippen LogP) is 4.66. The third-order valence-corrected chi connectivity index (χ3v) is 7.11. The zero-order valence-electron chi connectivity index (χ0n) is 20.8. The van der Waals surface area contributed by atoms with Crippen LogP contribution in [0.2, 0.25) is 0 Å². The van der Waals surface area contributed by atoms with Crippen LogP contribution < -0.4 is 5.32 Å². The summed E-state index contributed by atoms with van der Waals surface area (Å²) >= 11 is 1.08. The van der Waals surface area contributed by atoms with Crippen molar-refractivity contribution in [3.05, 3.63) is 83.2 Å². The van der Waals surface area contributed by atoms with Crippen LogP contribution in [0.25, 0.3) is 10.8 Å². The number of carbonyl (C=O) groups is 4. The molecule has 0 saturated carbocycles. The van der Waals surface area contributed by atoms with Crippen molar-refractivity contribution in [1.82, 2.24) is 15.1 Å². The number of rotatable bonds is 11. The van der Waals surface area contributed by atoms with Gasteiger partial charge in [-0.25, -0.2) is 4.79 Å². The maximum atomic E-state index is 13.0. The molecule has 0 bridgehead atoms. The number of amides is 3. The summed E-state index contributed by atoms with van der Waals surface area (Å²) < 4.78 is 5.60. The fourth-order valence-electron chi connectivity index (χ4n) is 4.46. The minimum Gasteiger partial charge on any atom is -0.478 e. The Labute approximate surface area is 227 Å². The zero-order valence-corrected chi connectivity index (χ0v) is 21.6. The molecular weight excluding hydrogens is 520 g/mol. The SMILES string of the molecule is O=C(CSc1nnc(CCCCCN2C(=O)c3cccc4cccc(c34)C2=O)o1)Nc1cccc(C(=O)O)c1. The van der Waals surface area contributed by atoms with Gasteiger partial charge in [0.05, 0.1) is 11.3 Å². The molecule has 0 radical (unpaired) electrons. The number of carbonyl (C=O) groups excluding carboxylic acids is 3. The number of aromatic nitrogens is 2. The highest BCUT2D eigenvalue weighted by atomic mass is 32.2. The van der Waals surface area contributed by atoms with Gasteiger partial charge >= 0.3 is 5.97 Å². The van der Waals surface area contributed by atoms with Gasteiger partial charge in [-0.3, -0.25) is 19.3 Å². The van der Waals surface area contributed by atoms with Crippen LogP contribution >= 0.6 is 11.8 Å². The molecule has 1 aromatic heterocycles. The number of nitrogens with zero attached hydrogens (tertiary/aromatic N) is 3. The van der Waals surface area contributed by atoms with E-state index in [0.29, 0.717) is 42.1 Å². The quantitative estimate of drug-likeness (QED) is 0.157. The molecular formula is C28H24N4O6S. The van der Waals surface area contributed by atoms with Crippen LogP contribution in [0, 0.1) is 0 Å². The highest BCUT2D eigenvalue weighted by Crippen LogP contribution is 2.30. The average molecular weight is 545 g/mol. The predicted molar refractivity (Wildman–Crippen MR) is 144 cm³/mol. The summed E-state index contributed by atoms with van der Waals surface area (Å²) in [5.74, 6) is -1.46. The van der Waals surface area contributed by atoms with Crippen molar-refractivity contribution in [1.29, 1.82) is 0 Å². The second kappa shape index (κ2) is 11.5. The van der Waals surface area contributed by atoms with E-state index in [1.165, 1.54) is 17.0 Å². The zero-order chi connectivity index (χ0) is 27.4. The maximum Gasteiger partial charge on any atom is 0.335 e. The van der Waals surface area contributed by atoms with Crippen LogP contribution in [0.5, 0.6) is 0 Å². The minimum atomic E-state index is -1.07. The first kappa shape index (κ1) is 26.1. The van der Waals surface area contributed by atoms with Crippen LogP contribution in [-0.2, 0) is 11.2 Å². The number of thioether (sulfide) groups is 1. The number of unbranched alkanes of at least 4 members (excludes halogenated alkanes) is 2. The maximum absolute atomic E-state index is 13.0. The largest absolute Gasteiger partial charge is 0.478 e. The van der Waals surface area contributed by atoms with E-state index in [-0.39, 0.29) is 34.3 Å². The van der Waals surface area contributed by atoms with Crippen molar-refractivity contribution in [3.8, 4) is 0 Å². The van der Waals surface area contributed by atoms with Gasteiger partial charge in [-0.1, -0.05) is 48.5 Å². The molecule has 0 spiro atoms. The van der Waals surface area contributed by atoms with Gasteiger partial charge in [0.2, 0.25) is 11.8 Å². The van der Waals surface area contributed by atoms with Gasteiger partial charge in [-0.2, -0.15) is 0 Å². The van der Waals surface area contributed by atoms with Crippen molar-refractivity contribution in [2.45, 2.75) is 30.9 Å². The van der Waals surface area contributed by atoms with E-state index in [9.17, 15) is 19.2 Å². The van der Waals surface area contributed by atoms with Gasteiger partial charge in [-0.15, -0.1) is 10.2 Å². The van der Waals surface area contributed by atoms with Crippen LogP contribution in [0.4, 0.5) is 5.69 Å². The van der Waals surface area contributed by atoms with Gasteiger partial charge in [0.25, 0.3) is 17.0 Å². The van der Waals surface area contributed by atoms with Crippen LogP contribution in [0.1, 0.15) is 56.2 Å². The summed E-state index contributed by atoms with van der Waals surface area (Å²) in [6.07, 6.45) is 2.67. The molecule has 2 N–H and O–H groups in total. The molecule has 3 amide bonds. The van der Waals surface area contributed by atoms with Crippen LogP contribution in [0.15, 0.2) is 70.3 Å². The van der Waals surface area contributed by atoms with Crippen LogP contribution in [-0.4, -0.2) is 56.2 Å². The Bertz CT molecular complexity index is 1530. The minimum absolute atomic E-state index is 0.0215. The highest BCUT2D eigenvalue weighted by molar-refractivity contribution is 7.99. The average Bonchev–Trinajstić information content (AvgIpc) is 3.39. The van der Waals surface area contributed by atoms with Crippen molar-refractivity contribution in [2.24, 2.45) is 0 Å². The Balaban J connectivity index is 1.05. The summed E-state index contributed by atoms with van der Waals surface area (Å²) in [5, 5.41) is 21.5. The molecule has 0 aliphatic carbocycles. The summed E-state index contributed by atoms with van der Waals surface area (Å²) in [5.41, 5.74) is 1.59. The second-order valence-electron chi connectivity index (χ2n) is 8.97. The normalized spacial score (nSPS) is 12.7. The molecule has 1 aliphatic rings. The van der Waals surface area contributed by atoms with E-state index in [2.05, 4.69) is 15.5 Å². The van der Waals surface area contributed by atoms with Crippen molar-refractivity contribution in [3.63, 3.8) is 0 Å². The monoisotopic (exact) mass is 544 g/mol. The van der Waals surface area contributed by atoms with Crippen LogP contribution in [0.3, 0.4) is 0 Å². The fraction of sp³-hybridized carbons (Fsp3) is 0.214. The molecule has 198 valence electrons. The van der Waals surface area contributed by atoms with Gasteiger partial charge < -0.3 is 14.8 Å². The number of imide groups is 1. The third kappa shape index (κ3) is 5.83. The van der Waals surface area contributed by atoms with E-state index in [0.717, 1.165) is 35.4 Å². The standard InChI is InChI=1S/C28H24N4O6S/c33-22(29-19-10-4-9-18(15-19)27(36)37)16-39-28-31-30-23(38-28)13-2-1-3-14-32-25(34)20-11-5-7-17-8-6-12-21(24(17)20)26(32)35/h4-12,15H,1-3,13-14,16H2,(H,29,33)(H,36,37). The molecule has 3 aromatic carbocycles. The molecule has 10 nitrogen and oxygen atoms in total. The van der Waals surface area contributed by atoms with Crippen molar-refractivity contribution in [2.75, 3.05) is 17.6 Å². The van der Waals surface area contributed by atoms with E-state index < -0.39 is 5.97 Å². The number of carboxylic acid groups (broad SMARTS) is 1. The third-order valence-electron chi connectivity index (χ3n) is 6.30. The Kier molecular flexibility index (Phi) is 7.69. The first-order chi connectivity index (χ1) is 18.9. The first-order valence-electron chi connectivity index (χ1n) is 12.4. The summed E-state index contributed by atoms with van der Waals surface area (Å²) in [6.45, 7) is 0.331. The smallest absolute Gasteiger partial charge is 0.335 e. The lowest BCUT2D eigenvalue weighted by Gasteiger charge is -2.27. The number of hydrogen-bond acceptors (Lipinski definition) is 8. The van der Waals surface area contributed by atoms with E-state index in [4.69, 9.17) is 9.52 Å². The summed E-state index contributed by atoms with van der Waals surface area (Å²) in [4.78, 5) is 50.5. The number of aryl methyl sites for hydroxylation is 1. The number of nitrogens with one attached hydrogen (secondary N) is 1. The molecule has 1 aliphatic heterocycles. The lowest BCUT2D eigenvalue weighted by atomic mass is 9.94. The molecule has 0 fully saturated rings. The lowest BCUT2D eigenvalue weighted by molar-refractivity contribution is -0.113. The number of hydrogen-bond donors (Lipinski definition) is 2. The van der Waals surface area contributed by atoms with Gasteiger partial charge in [0.1, 0.15) is 0 Å². The molecule has 0 saturated heterocycles. The molecule has 11 heteroatoms. The van der Waals surface area contributed by atoms with E-state index >= 15 is 0 Å². The summed E-state index contributed by atoms with van der Waals surface area (Å²) in [6, 6.07) is 17.0. The molecule has 0 unspecified atom stereocenters. The van der Waals surface area contributed by atoms with E-state index in [1.54, 1.807) is 24.3 Å². The Morgan fingerprint density at radius 2 is 1.64 bits per heavy atom. The molecule has 39 heavy (non-hydrogen) atoms. The van der Waals surface area contributed by atoms with Crippen molar-refractivity contribution >= 4 is 51.9 Å². The molecule has 0 atom stereocenters. The van der Waals surface area contributed by atoms with Gasteiger partial charge in [0.15, 0.2) is 0 Å². The van der Waals surface area contributed by atoms with Gasteiger partial charge in [0, 0.05) is 35.2 Å². The Hall–Kier alpha value is -4.51. The first-order valence-corrected chi connectivity index (χ1v) is 13.4. The molecule has 4 aromatic rings. The number of benzene rings is 3. The molecule has 5 rings (SSSR count). The summed E-state index contributed by atoms with van der Waals surface area (Å²) in [7, 11) is 0. The second-order valence-corrected chi connectivity index (χ2v) is 9.89. The Morgan fingerprint density at radius 1 is 0.923 bits per heavy atom. The van der Waals surface area contributed by atoms with Gasteiger partial charge in [-0.05, 0) is 48.6 Å². The number of anilines is 1. The lowest BCUT2D eigenvalue weighted by Crippen LogP contribution is -2.40. The fourth-order valence-corrected chi connectivity index (χ4v) is 5.04. The molecule has 2 heterocycles. The topological polar surface area (TPSA) is 143 Å².